The average molecular weight is 237 g/mol. The third-order valence-electron chi connectivity index (χ3n) is 1.34. The van der Waals surface area contributed by atoms with Crippen LogP contribution in [0.25, 0.3) is 0 Å². The number of carboxylic acids is 1. The maximum absolute atomic E-state index is 10.5. The number of thiophene rings is 1. The summed E-state index contributed by atoms with van der Waals surface area (Å²) in [5.41, 5.74) is 0.412. The Morgan fingerprint density at radius 2 is 2.36 bits per heavy atom. The van der Waals surface area contributed by atoms with E-state index in [9.17, 15) is 9.00 Å². The molecule has 0 bridgehead atoms. The van der Waals surface area contributed by atoms with Crippen molar-refractivity contribution in [2.24, 2.45) is 0 Å². The van der Waals surface area contributed by atoms with Gasteiger partial charge < -0.3 is 5.11 Å². The Labute approximate surface area is 86.2 Å². The van der Waals surface area contributed by atoms with Crippen molar-refractivity contribution >= 4 is 34.4 Å². The third kappa shape index (κ3) is 2.77. The lowest BCUT2D eigenvalue weighted by Gasteiger charge is -2.12. The Morgan fingerprint density at radius 3 is 2.79 bits per heavy atom. The van der Waals surface area contributed by atoms with Crippen molar-refractivity contribution in [2.75, 3.05) is 12.1 Å². The first-order valence-corrected chi connectivity index (χ1v) is 5.26. The first-order chi connectivity index (χ1) is 6.50. The highest BCUT2D eigenvalue weighted by Gasteiger charge is 2.11. The average Bonchev–Trinajstić information content (AvgIpc) is 2.50. The lowest BCUT2D eigenvalue weighted by atomic mass is 10.4. The standard InChI is InChI=1S/C6H7NO5S2/c1-7(12-14(10)11)4-2-5(6(8)9)13-3-4/h2-3H,1H3,(H,8,9)(H,10,11). The molecule has 1 aromatic rings. The highest BCUT2D eigenvalue weighted by Crippen LogP contribution is 2.22. The van der Waals surface area contributed by atoms with Gasteiger partial charge in [-0.15, -0.1) is 15.6 Å². The zero-order valence-corrected chi connectivity index (χ0v) is 8.67. The lowest BCUT2D eigenvalue weighted by Crippen LogP contribution is -2.18. The van der Waals surface area contributed by atoms with Crippen LogP contribution in [0.1, 0.15) is 9.67 Å². The van der Waals surface area contributed by atoms with Gasteiger partial charge in [-0.05, 0) is 6.07 Å². The predicted molar refractivity (Wildman–Crippen MR) is 51.5 cm³/mol. The molecular formula is C6H7NO5S2. The van der Waals surface area contributed by atoms with Gasteiger partial charge >= 0.3 is 17.3 Å². The van der Waals surface area contributed by atoms with Gasteiger partial charge in [0.05, 0.1) is 5.69 Å². The molecule has 2 N–H and O–H groups in total. The van der Waals surface area contributed by atoms with Crippen LogP contribution >= 0.6 is 11.3 Å². The van der Waals surface area contributed by atoms with E-state index in [-0.39, 0.29) is 4.88 Å². The molecule has 0 saturated carbocycles. The monoisotopic (exact) mass is 237 g/mol. The van der Waals surface area contributed by atoms with Crippen molar-refractivity contribution in [1.29, 1.82) is 0 Å². The summed E-state index contributed by atoms with van der Waals surface area (Å²) in [4.78, 5) is 10.6. The van der Waals surface area contributed by atoms with Crippen molar-refractivity contribution in [2.45, 2.75) is 0 Å². The molecule has 6 nitrogen and oxygen atoms in total. The molecule has 0 amide bonds. The maximum Gasteiger partial charge on any atom is 0.345 e. The van der Waals surface area contributed by atoms with Crippen LogP contribution in [0.2, 0.25) is 0 Å². The highest BCUT2D eigenvalue weighted by atomic mass is 32.2. The molecule has 14 heavy (non-hydrogen) atoms. The van der Waals surface area contributed by atoms with Gasteiger partial charge in [-0.25, -0.2) is 9.86 Å². The van der Waals surface area contributed by atoms with Crippen molar-refractivity contribution < 1.29 is 22.9 Å². The molecule has 1 rings (SSSR count). The Hall–Kier alpha value is -0.960. The summed E-state index contributed by atoms with van der Waals surface area (Å²) < 4.78 is 23.1. The molecule has 8 heteroatoms. The van der Waals surface area contributed by atoms with Crippen molar-refractivity contribution in [3.05, 3.63) is 16.3 Å². The molecule has 0 aromatic carbocycles. The zero-order valence-electron chi connectivity index (χ0n) is 7.04. The number of carboxylic acid groups (broad SMARTS) is 1. The Balaban J connectivity index is 2.76. The van der Waals surface area contributed by atoms with E-state index < -0.39 is 17.3 Å². The largest absolute Gasteiger partial charge is 0.477 e. The maximum atomic E-state index is 10.5. The molecule has 1 aromatic heterocycles. The number of anilines is 1. The van der Waals surface area contributed by atoms with Crippen LogP contribution in [0.5, 0.6) is 0 Å². The van der Waals surface area contributed by atoms with Gasteiger partial charge in [0.25, 0.3) is 0 Å². The number of aromatic carboxylic acids is 1. The van der Waals surface area contributed by atoms with Gasteiger partial charge in [0, 0.05) is 12.4 Å². The predicted octanol–water partition coefficient (Wildman–Crippen LogP) is 0.951. The van der Waals surface area contributed by atoms with Crippen LogP contribution in [0.3, 0.4) is 0 Å². The minimum atomic E-state index is -2.41. The minimum Gasteiger partial charge on any atom is -0.477 e. The summed E-state index contributed by atoms with van der Waals surface area (Å²) in [6.07, 6.45) is 0. The first-order valence-electron chi connectivity index (χ1n) is 3.35. The SMILES string of the molecule is CN(OS(=O)O)c1csc(C(=O)O)c1. The van der Waals surface area contributed by atoms with Crippen molar-refractivity contribution in [3.63, 3.8) is 0 Å². The highest BCUT2D eigenvalue weighted by molar-refractivity contribution is 7.74. The molecule has 1 atom stereocenters. The van der Waals surface area contributed by atoms with Gasteiger partial charge in [-0.3, -0.25) is 4.55 Å². The fourth-order valence-electron chi connectivity index (χ4n) is 0.742. The molecule has 0 fully saturated rings. The summed E-state index contributed by atoms with van der Waals surface area (Å²) in [6, 6.07) is 1.35. The second kappa shape index (κ2) is 4.51. The molecule has 78 valence electrons. The quantitative estimate of drug-likeness (QED) is 0.599. The first kappa shape index (κ1) is 11.1. The molecule has 0 spiro atoms. The molecule has 0 radical (unpaired) electrons. The number of nitrogens with zero attached hydrogens (tertiary/aromatic N) is 1. The zero-order chi connectivity index (χ0) is 10.7. The Bertz CT molecular complexity index is 363. The summed E-state index contributed by atoms with van der Waals surface area (Å²) >= 11 is -1.40. The Morgan fingerprint density at radius 1 is 1.71 bits per heavy atom. The normalized spacial score (nSPS) is 12.4. The molecule has 0 saturated heterocycles. The number of rotatable bonds is 4. The smallest absolute Gasteiger partial charge is 0.345 e. The second-order valence-electron chi connectivity index (χ2n) is 2.26. The molecule has 1 heterocycles. The van der Waals surface area contributed by atoms with E-state index in [1.807, 2.05) is 0 Å². The van der Waals surface area contributed by atoms with Crippen LogP contribution in [-0.4, -0.2) is 26.9 Å². The molecule has 1 unspecified atom stereocenters. The van der Waals surface area contributed by atoms with E-state index in [1.165, 1.54) is 18.5 Å². The molecule has 0 aliphatic heterocycles. The van der Waals surface area contributed by atoms with Crippen LogP contribution < -0.4 is 5.06 Å². The Kier molecular flexibility index (Phi) is 3.58. The summed E-state index contributed by atoms with van der Waals surface area (Å²) in [5, 5.41) is 11.1. The van der Waals surface area contributed by atoms with Gasteiger partial charge in [-0.2, -0.15) is 4.21 Å². The van der Waals surface area contributed by atoms with Gasteiger partial charge in [0.2, 0.25) is 0 Å². The van der Waals surface area contributed by atoms with Crippen LogP contribution in [0.4, 0.5) is 5.69 Å². The number of carbonyl (C=O) groups is 1. The number of hydroxylamine groups is 1. The fourth-order valence-corrected chi connectivity index (χ4v) is 1.77. The van der Waals surface area contributed by atoms with Crippen molar-refractivity contribution in [3.8, 4) is 0 Å². The number of hydrogen-bond acceptors (Lipinski definition) is 5. The third-order valence-corrected chi connectivity index (χ3v) is 2.59. The van der Waals surface area contributed by atoms with Gasteiger partial charge in [0.1, 0.15) is 4.88 Å². The van der Waals surface area contributed by atoms with E-state index in [0.717, 1.165) is 16.4 Å². The topological polar surface area (TPSA) is 87.1 Å². The molecular weight excluding hydrogens is 230 g/mol. The van der Waals surface area contributed by atoms with E-state index in [1.54, 1.807) is 0 Å². The molecule has 0 aliphatic carbocycles. The van der Waals surface area contributed by atoms with E-state index in [0.29, 0.717) is 5.69 Å². The number of hydrogen-bond donors (Lipinski definition) is 2. The van der Waals surface area contributed by atoms with Crippen LogP contribution in [0, 0.1) is 0 Å². The second-order valence-corrected chi connectivity index (χ2v) is 3.76. The summed E-state index contributed by atoms with van der Waals surface area (Å²) in [5.74, 6) is -1.04. The van der Waals surface area contributed by atoms with E-state index >= 15 is 0 Å². The van der Waals surface area contributed by atoms with Crippen LogP contribution in [-0.2, 0) is 15.6 Å². The van der Waals surface area contributed by atoms with Gasteiger partial charge in [-0.1, -0.05) is 0 Å². The van der Waals surface area contributed by atoms with E-state index in [2.05, 4.69) is 4.28 Å². The summed E-state index contributed by atoms with van der Waals surface area (Å²) in [7, 11) is 1.40. The fraction of sp³-hybridized carbons (Fsp3) is 0.167. The van der Waals surface area contributed by atoms with E-state index in [4.69, 9.17) is 9.66 Å². The van der Waals surface area contributed by atoms with Crippen LogP contribution in [0.15, 0.2) is 11.4 Å². The van der Waals surface area contributed by atoms with Gasteiger partial charge in [0.15, 0.2) is 0 Å². The molecule has 0 aliphatic rings. The minimum absolute atomic E-state index is 0.138. The van der Waals surface area contributed by atoms with Crippen molar-refractivity contribution in [1.82, 2.24) is 0 Å². The lowest BCUT2D eigenvalue weighted by molar-refractivity contribution is 0.0702. The summed E-state index contributed by atoms with van der Waals surface area (Å²) in [6.45, 7) is 0.